The number of hydrogen-bond donors (Lipinski definition) is 3. The van der Waals surface area contributed by atoms with Crippen LogP contribution in [-0.4, -0.2) is 29.0 Å². The SMILES string of the molecule is COc1c(NC2CCC(C(N)=O)CC2)nc[nH]c1=O. The second-order valence-electron chi connectivity index (χ2n) is 4.71. The molecule has 1 fully saturated rings. The first-order chi connectivity index (χ1) is 9.11. The maximum Gasteiger partial charge on any atom is 0.295 e. The molecule has 0 aromatic carbocycles. The molecule has 1 aliphatic carbocycles. The average molecular weight is 266 g/mol. The molecular formula is C12H18N4O3. The first-order valence-corrected chi connectivity index (χ1v) is 6.29. The fourth-order valence-corrected chi connectivity index (χ4v) is 2.39. The van der Waals surface area contributed by atoms with Gasteiger partial charge in [-0.25, -0.2) is 4.98 Å². The fourth-order valence-electron chi connectivity index (χ4n) is 2.39. The third kappa shape index (κ3) is 3.04. The molecule has 1 heterocycles. The fraction of sp³-hybridized carbons (Fsp3) is 0.583. The highest BCUT2D eigenvalue weighted by molar-refractivity contribution is 5.76. The summed E-state index contributed by atoms with van der Waals surface area (Å²) in [5, 5.41) is 3.19. The lowest BCUT2D eigenvalue weighted by atomic mass is 9.85. The van der Waals surface area contributed by atoms with Crippen LogP contribution in [0.3, 0.4) is 0 Å². The molecule has 4 N–H and O–H groups in total. The number of carbonyl (C=O) groups excluding carboxylic acids is 1. The summed E-state index contributed by atoms with van der Waals surface area (Å²) in [6.07, 6.45) is 4.51. The Labute approximate surface area is 110 Å². The molecular weight excluding hydrogens is 248 g/mol. The number of primary amides is 1. The van der Waals surface area contributed by atoms with Crippen LogP contribution in [0.5, 0.6) is 5.75 Å². The monoisotopic (exact) mass is 266 g/mol. The number of nitrogens with zero attached hydrogens (tertiary/aromatic N) is 1. The van der Waals surface area contributed by atoms with Crippen molar-refractivity contribution in [3.05, 3.63) is 16.7 Å². The Morgan fingerprint density at radius 1 is 1.47 bits per heavy atom. The summed E-state index contributed by atoms with van der Waals surface area (Å²) in [5.41, 5.74) is 4.98. The molecule has 7 nitrogen and oxygen atoms in total. The number of anilines is 1. The predicted octanol–water partition coefficient (Wildman–Crippen LogP) is 0.234. The molecule has 1 amide bonds. The van der Waals surface area contributed by atoms with Crippen molar-refractivity contribution in [1.29, 1.82) is 0 Å². The Kier molecular flexibility index (Phi) is 4.03. The van der Waals surface area contributed by atoms with E-state index in [0.29, 0.717) is 5.82 Å². The first-order valence-electron chi connectivity index (χ1n) is 6.29. The maximum absolute atomic E-state index is 11.5. The molecule has 1 aromatic rings. The van der Waals surface area contributed by atoms with Crippen molar-refractivity contribution in [1.82, 2.24) is 9.97 Å². The minimum Gasteiger partial charge on any atom is -0.489 e. The number of rotatable bonds is 4. The summed E-state index contributed by atoms with van der Waals surface area (Å²) in [5.74, 6) is 0.352. The number of nitrogens with one attached hydrogen (secondary N) is 2. The van der Waals surface area contributed by atoms with Gasteiger partial charge in [-0.15, -0.1) is 0 Å². The van der Waals surface area contributed by atoms with Crippen molar-refractivity contribution in [2.24, 2.45) is 11.7 Å². The van der Waals surface area contributed by atoms with Crippen molar-refractivity contribution in [3.63, 3.8) is 0 Å². The highest BCUT2D eigenvalue weighted by atomic mass is 16.5. The minimum absolute atomic E-state index is 0.0351. The highest BCUT2D eigenvalue weighted by Crippen LogP contribution is 2.27. The summed E-state index contributed by atoms with van der Waals surface area (Å²) >= 11 is 0. The number of ether oxygens (including phenoxy) is 1. The van der Waals surface area contributed by atoms with Crippen molar-refractivity contribution in [2.75, 3.05) is 12.4 Å². The summed E-state index contributed by atoms with van der Waals surface area (Å²) in [7, 11) is 1.43. The van der Waals surface area contributed by atoms with Crippen molar-refractivity contribution < 1.29 is 9.53 Å². The molecule has 0 aliphatic heterocycles. The molecule has 1 aliphatic rings. The van der Waals surface area contributed by atoms with E-state index in [1.165, 1.54) is 13.4 Å². The van der Waals surface area contributed by atoms with E-state index in [0.717, 1.165) is 25.7 Å². The quantitative estimate of drug-likeness (QED) is 0.722. The Morgan fingerprint density at radius 3 is 2.74 bits per heavy atom. The zero-order valence-corrected chi connectivity index (χ0v) is 10.8. The van der Waals surface area contributed by atoms with E-state index in [-0.39, 0.29) is 29.2 Å². The highest BCUT2D eigenvalue weighted by Gasteiger charge is 2.25. The van der Waals surface area contributed by atoms with E-state index in [1.807, 2.05) is 0 Å². The van der Waals surface area contributed by atoms with Crippen LogP contribution in [0.2, 0.25) is 0 Å². The van der Waals surface area contributed by atoms with E-state index >= 15 is 0 Å². The molecule has 0 saturated heterocycles. The van der Waals surface area contributed by atoms with Crippen LogP contribution in [0.15, 0.2) is 11.1 Å². The Bertz CT molecular complexity index is 506. The van der Waals surface area contributed by atoms with Crippen LogP contribution in [0.1, 0.15) is 25.7 Å². The zero-order valence-electron chi connectivity index (χ0n) is 10.8. The van der Waals surface area contributed by atoms with Crippen LogP contribution in [0.25, 0.3) is 0 Å². The van der Waals surface area contributed by atoms with Crippen molar-refractivity contribution >= 4 is 11.7 Å². The molecule has 2 rings (SSSR count). The molecule has 0 radical (unpaired) electrons. The molecule has 1 aromatic heterocycles. The lowest BCUT2D eigenvalue weighted by Crippen LogP contribution is -2.33. The van der Waals surface area contributed by atoms with Gasteiger partial charge in [-0.05, 0) is 25.7 Å². The van der Waals surface area contributed by atoms with Gasteiger partial charge in [0.1, 0.15) is 0 Å². The number of H-pyrrole nitrogens is 1. The van der Waals surface area contributed by atoms with E-state index < -0.39 is 0 Å². The molecule has 19 heavy (non-hydrogen) atoms. The summed E-state index contributed by atoms with van der Waals surface area (Å²) < 4.78 is 5.03. The van der Waals surface area contributed by atoms with Gasteiger partial charge in [-0.1, -0.05) is 0 Å². The van der Waals surface area contributed by atoms with Crippen molar-refractivity contribution in [2.45, 2.75) is 31.7 Å². The normalized spacial score (nSPS) is 22.8. The largest absolute Gasteiger partial charge is 0.489 e. The molecule has 7 heteroatoms. The molecule has 0 bridgehead atoms. The molecule has 0 unspecified atom stereocenters. The zero-order chi connectivity index (χ0) is 13.8. The van der Waals surface area contributed by atoms with Crippen molar-refractivity contribution in [3.8, 4) is 5.75 Å². The number of hydrogen-bond acceptors (Lipinski definition) is 5. The van der Waals surface area contributed by atoms with Gasteiger partial charge in [0.25, 0.3) is 5.56 Å². The molecule has 0 spiro atoms. The lowest BCUT2D eigenvalue weighted by molar-refractivity contribution is -0.122. The number of nitrogens with two attached hydrogens (primary N) is 1. The number of aromatic amines is 1. The van der Waals surface area contributed by atoms with Gasteiger partial charge in [0.2, 0.25) is 11.7 Å². The molecule has 0 atom stereocenters. The number of amides is 1. The second-order valence-corrected chi connectivity index (χ2v) is 4.71. The van der Waals surface area contributed by atoms with Gasteiger partial charge < -0.3 is 20.8 Å². The smallest absolute Gasteiger partial charge is 0.295 e. The van der Waals surface area contributed by atoms with Crippen LogP contribution in [0, 0.1) is 5.92 Å². The summed E-state index contributed by atoms with van der Waals surface area (Å²) in [4.78, 5) is 29.2. The van der Waals surface area contributed by atoms with Gasteiger partial charge in [0, 0.05) is 12.0 Å². The van der Waals surface area contributed by atoms with E-state index in [4.69, 9.17) is 10.5 Å². The Balaban J connectivity index is 2.02. The third-order valence-corrected chi connectivity index (χ3v) is 3.49. The molecule has 1 saturated carbocycles. The van der Waals surface area contributed by atoms with E-state index in [1.54, 1.807) is 0 Å². The van der Waals surface area contributed by atoms with Crippen LogP contribution in [-0.2, 0) is 4.79 Å². The minimum atomic E-state index is -0.314. The summed E-state index contributed by atoms with van der Waals surface area (Å²) in [6.45, 7) is 0. The van der Waals surface area contributed by atoms with Crippen LogP contribution >= 0.6 is 0 Å². The van der Waals surface area contributed by atoms with Gasteiger partial charge in [0.15, 0.2) is 5.82 Å². The standard InChI is InChI=1S/C12H18N4O3/c1-19-9-11(14-6-15-12(9)18)16-8-4-2-7(3-5-8)10(13)17/h6-8H,2-5H2,1H3,(H2,13,17)(H2,14,15,16,18). The number of aromatic nitrogens is 2. The van der Waals surface area contributed by atoms with E-state index in [2.05, 4.69) is 15.3 Å². The van der Waals surface area contributed by atoms with Crippen LogP contribution < -0.4 is 21.3 Å². The van der Waals surface area contributed by atoms with Crippen LogP contribution in [0.4, 0.5) is 5.82 Å². The lowest BCUT2D eigenvalue weighted by Gasteiger charge is -2.27. The summed E-state index contributed by atoms with van der Waals surface area (Å²) in [6, 6.07) is 0.179. The van der Waals surface area contributed by atoms with Gasteiger partial charge in [-0.2, -0.15) is 0 Å². The average Bonchev–Trinajstić information content (AvgIpc) is 2.39. The topological polar surface area (TPSA) is 110 Å². The Morgan fingerprint density at radius 2 is 2.16 bits per heavy atom. The van der Waals surface area contributed by atoms with Gasteiger partial charge in [-0.3, -0.25) is 9.59 Å². The van der Waals surface area contributed by atoms with Gasteiger partial charge in [0.05, 0.1) is 13.4 Å². The maximum atomic E-state index is 11.5. The number of methoxy groups -OCH3 is 1. The number of carbonyl (C=O) groups is 1. The molecule has 104 valence electrons. The van der Waals surface area contributed by atoms with Gasteiger partial charge >= 0.3 is 0 Å². The third-order valence-electron chi connectivity index (χ3n) is 3.49. The predicted molar refractivity (Wildman–Crippen MR) is 70.0 cm³/mol. The van der Waals surface area contributed by atoms with E-state index in [9.17, 15) is 9.59 Å². The second kappa shape index (κ2) is 5.73. The first kappa shape index (κ1) is 13.4. The Hall–Kier alpha value is -2.05.